The maximum Gasteiger partial charge on any atom is 0.407 e. The minimum atomic E-state index is -0.552. The van der Waals surface area contributed by atoms with E-state index in [0.717, 1.165) is 0 Å². The van der Waals surface area contributed by atoms with Crippen LogP contribution in [-0.2, 0) is 14.3 Å². The Labute approximate surface area is 131 Å². The molecule has 2 N–H and O–H groups in total. The predicted octanol–water partition coefficient (Wildman–Crippen LogP) is 0.662. The van der Waals surface area contributed by atoms with E-state index in [2.05, 4.69) is 17.2 Å². The number of carbonyl (C=O) groups excluding carboxylic acids is 3. The van der Waals surface area contributed by atoms with E-state index in [-0.39, 0.29) is 42.8 Å². The molecule has 0 aliphatic carbocycles. The minimum Gasteiger partial charge on any atom is -0.445 e. The first-order valence-electron chi connectivity index (χ1n) is 7.35. The molecule has 1 fully saturated rings. The number of hydrogen-bond donors (Lipinski definition) is 2. The van der Waals surface area contributed by atoms with Gasteiger partial charge < -0.3 is 20.3 Å². The number of nitrogens with one attached hydrogen (secondary N) is 2. The lowest BCUT2D eigenvalue weighted by molar-refractivity contribution is -0.132. The third-order valence-electron chi connectivity index (χ3n) is 3.33. The Hall–Kier alpha value is -2.05. The Morgan fingerprint density at radius 1 is 1.36 bits per heavy atom. The largest absolute Gasteiger partial charge is 0.445 e. The topological polar surface area (TPSA) is 87.7 Å². The molecular weight excluding hydrogens is 286 g/mol. The number of likely N-dealkylation sites (tertiary alicyclic amines) is 1. The van der Waals surface area contributed by atoms with Crippen molar-refractivity contribution < 1.29 is 19.1 Å². The van der Waals surface area contributed by atoms with Gasteiger partial charge in [-0.15, -0.1) is 0 Å². The summed E-state index contributed by atoms with van der Waals surface area (Å²) in [6.07, 6.45) is 1.15. The van der Waals surface area contributed by atoms with E-state index in [4.69, 9.17) is 4.74 Å². The van der Waals surface area contributed by atoms with Crippen molar-refractivity contribution in [2.45, 2.75) is 32.7 Å². The maximum atomic E-state index is 12.0. The molecule has 0 saturated carbocycles. The van der Waals surface area contributed by atoms with Crippen LogP contribution in [-0.4, -0.2) is 54.6 Å². The molecule has 0 radical (unpaired) electrons. The zero-order valence-corrected chi connectivity index (χ0v) is 13.5. The van der Waals surface area contributed by atoms with Crippen molar-refractivity contribution in [2.24, 2.45) is 5.92 Å². The Balaban J connectivity index is 2.28. The third-order valence-corrected chi connectivity index (χ3v) is 3.33. The van der Waals surface area contributed by atoms with E-state index in [1.165, 1.54) is 6.08 Å². The molecule has 1 aliphatic rings. The van der Waals surface area contributed by atoms with E-state index in [9.17, 15) is 14.4 Å². The van der Waals surface area contributed by atoms with E-state index >= 15 is 0 Å². The SMILES string of the molecule is C=CCOC(=O)NCCNC(=O)C1CC(=O)N(C(C)(C)C)C1. The van der Waals surface area contributed by atoms with Gasteiger partial charge >= 0.3 is 6.09 Å². The van der Waals surface area contributed by atoms with Gasteiger partial charge in [0.15, 0.2) is 0 Å². The van der Waals surface area contributed by atoms with Crippen LogP contribution in [0.5, 0.6) is 0 Å². The number of alkyl carbamates (subject to hydrolysis) is 1. The van der Waals surface area contributed by atoms with Gasteiger partial charge in [-0.25, -0.2) is 4.79 Å². The Morgan fingerprint density at radius 2 is 2.00 bits per heavy atom. The molecule has 1 saturated heterocycles. The van der Waals surface area contributed by atoms with Crippen molar-refractivity contribution in [3.63, 3.8) is 0 Å². The second kappa shape index (κ2) is 7.82. The zero-order chi connectivity index (χ0) is 16.8. The Bertz CT molecular complexity index is 443. The average Bonchev–Trinajstić information content (AvgIpc) is 2.83. The molecule has 1 heterocycles. The summed E-state index contributed by atoms with van der Waals surface area (Å²) in [6, 6.07) is 0. The summed E-state index contributed by atoms with van der Waals surface area (Å²) in [5.74, 6) is -0.500. The lowest BCUT2D eigenvalue weighted by Gasteiger charge is -2.31. The van der Waals surface area contributed by atoms with Gasteiger partial charge in [0.05, 0.1) is 5.92 Å². The average molecular weight is 311 g/mol. The predicted molar refractivity (Wildman–Crippen MR) is 82.1 cm³/mol. The molecule has 0 bridgehead atoms. The highest BCUT2D eigenvalue weighted by Crippen LogP contribution is 2.25. The molecule has 22 heavy (non-hydrogen) atoms. The van der Waals surface area contributed by atoms with E-state index in [0.29, 0.717) is 13.1 Å². The molecule has 0 aromatic heterocycles. The summed E-state index contributed by atoms with van der Waals surface area (Å²) in [6.45, 7) is 10.4. The van der Waals surface area contributed by atoms with E-state index < -0.39 is 6.09 Å². The highest BCUT2D eigenvalue weighted by molar-refractivity contribution is 5.89. The fourth-order valence-electron chi connectivity index (χ4n) is 2.21. The van der Waals surface area contributed by atoms with Gasteiger partial charge in [-0.1, -0.05) is 12.7 Å². The van der Waals surface area contributed by atoms with Crippen LogP contribution >= 0.6 is 0 Å². The monoisotopic (exact) mass is 311 g/mol. The molecule has 0 spiro atoms. The van der Waals surface area contributed by atoms with Crippen molar-refractivity contribution >= 4 is 17.9 Å². The number of hydrogen-bond acceptors (Lipinski definition) is 4. The molecule has 7 heteroatoms. The van der Waals surface area contributed by atoms with Gasteiger partial charge in [-0.2, -0.15) is 0 Å². The van der Waals surface area contributed by atoms with Crippen LogP contribution in [0.15, 0.2) is 12.7 Å². The smallest absolute Gasteiger partial charge is 0.407 e. The first-order chi connectivity index (χ1) is 10.3. The fourth-order valence-corrected chi connectivity index (χ4v) is 2.21. The van der Waals surface area contributed by atoms with Crippen LogP contribution in [0.2, 0.25) is 0 Å². The van der Waals surface area contributed by atoms with Gasteiger partial charge in [0.2, 0.25) is 11.8 Å². The fraction of sp³-hybridized carbons (Fsp3) is 0.667. The summed E-state index contributed by atoms with van der Waals surface area (Å²) in [5, 5.41) is 5.22. The van der Waals surface area contributed by atoms with Crippen molar-refractivity contribution in [3.05, 3.63) is 12.7 Å². The first-order valence-corrected chi connectivity index (χ1v) is 7.35. The minimum absolute atomic E-state index is 0.00113. The number of ether oxygens (including phenoxy) is 1. The van der Waals surface area contributed by atoms with Crippen LogP contribution in [0.1, 0.15) is 27.2 Å². The molecule has 1 aliphatic heterocycles. The van der Waals surface area contributed by atoms with Crippen LogP contribution in [0.25, 0.3) is 0 Å². The van der Waals surface area contributed by atoms with Crippen LogP contribution in [0, 0.1) is 5.92 Å². The summed E-state index contributed by atoms with van der Waals surface area (Å²) in [7, 11) is 0. The van der Waals surface area contributed by atoms with E-state index in [1.807, 2.05) is 20.8 Å². The molecule has 3 amide bonds. The molecule has 1 unspecified atom stereocenters. The van der Waals surface area contributed by atoms with Crippen LogP contribution in [0.4, 0.5) is 4.79 Å². The van der Waals surface area contributed by atoms with Crippen molar-refractivity contribution in [2.75, 3.05) is 26.2 Å². The van der Waals surface area contributed by atoms with Gasteiger partial charge in [0.1, 0.15) is 6.61 Å². The van der Waals surface area contributed by atoms with Gasteiger partial charge in [0, 0.05) is 31.6 Å². The highest BCUT2D eigenvalue weighted by Gasteiger charge is 2.39. The third kappa shape index (κ3) is 5.38. The van der Waals surface area contributed by atoms with Gasteiger partial charge in [-0.3, -0.25) is 9.59 Å². The van der Waals surface area contributed by atoms with Crippen molar-refractivity contribution in [1.29, 1.82) is 0 Å². The number of rotatable bonds is 6. The molecule has 7 nitrogen and oxygen atoms in total. The van der Waals surface area contributed by atoms with Gasteiger partial charge in [0.25, 0.3) is 0 Å². The van der Waals surface area contributed by atoms with E-state index in [1.54, 1.807) is 4.90 Å². The van der Waals surface area contributed by atoms with Crippen molar-refractivity contribution in [1.82, 2.24) is 15.5 Å². The normalized spacial score (nSPS) is 18.0. The lowest BCUT2D eigenvalue weighted by atomic mass is 10.1. The number of nitrogens with zero attached hydrogens (tertiary/aromatic N) is 1. The second-order valence-electron chi connectivity index (χ2n) is 6.18. The first kappa shape index (κ1) is 18.0. The molecule has 1 rings (SSSR count). The van der Waals surface area contributed by atoms with Crippen molar-refractivity contribution in [3.8, 4) is 0 Å². The lowest BCUT2D eigenvalue weighted by Crippen LogP contribution is -2.43. The highest BCUT2D eigenvalue weighted by atomic mass is 16.5. The number of carbonyl (C=O) groups is 3. The second-order valence-corrected chi connectivity index (χ2v) is 6.18. The van der Waals surface area contributed by atoms with Gasteiger partial charge in [-0.05, 0) is 20.8 Å². The van der Waals surface area contributed by atoms with Crippen LogP contribution < -0.4 is 10.6 Å². The molecule has 0 aromatic rings. The molecule has 1 atom stereocenters. The van der Waals surface area contributed by atoms with Crippen LogP contribution in [0.3, 0.4) is 0 Å². The molecule has 0 aromatic carbocycles. The summed E-state index contributed by atoms with van der Waals surface area (Å²) in [4.78, 5) is 36.8. The molecular formula is C15H25N3O4. The quantitative estimate of drug-likeness (QED) is 0.557. The standard InChI is InChI=1S/C15H25N3O4/c1-5-8-22-14(21)17-7-6-16-13(20)11-9-12(19)18(10-11)15(2,3)4/h5,11H,1,6-10H2,2-4H3,(H,16,20)(H,17,21). The summed E-state index contributed by atoms with van der Waals surface area (Å²) in [5.41, 5.74) is -0.275. The Morgan fingerprint density at radius 3 is 2.55 bits per heavy atom. The summed E-state index contributed by atoms with van der Waals surface area (Å²) < 4.78 is 4.73. The maximum absolute atomic E-state index is 12.0. The number of amides is 3. The summed E-state index contributed by atoms with van der Waals surface area (Å²) >= 11 is 0. The Kier molecular flexibility index (Phi) is 6.39. The zero-order valence-electron chi connectivity index (χ0n) is 13.5. The molecule has 124 valence electrons.